The Morgan fingerprint density at radius 1 is 1.50 bits per heavy atom. The average molecular weight is 259 g/mol. The molecule has 1 aliphatic rings. The molecule has 0 saturated carbocycles. The van der Waals surface area contributed by atoms with Crippen molar-refractivity contribution in [2.75, 3.05) is 13.1 Å². The predicted molar refractivity (Wildman–Crippen MR) is 71.8 cm³/mol. The first-order chi connectivity index (χ1) is 8.85. The maximum Gasteiger partial charge on any atom is 0.0669 e. The first-order valence-electron chi connectivity index (χ1n) is 6.39. The number of hydrogen-bond donors (Lipinski definition) is 0. The third-order valence-electron chi connectivity index (χ3n) is 3.48. The van der Waals surface area contributed by atoms with Gasteiger partial charge in [0.05, 0.1) is 18.1 Å². The molecule has 0 spiro atoms. The van der Waals surface area contributed by atoms with Gasteiger partial charge in [-0.25, -0.2) is 0 Å². The fourth-order valence-electron chi connectivity index (χ4n) is 2.57. The van der Waals surface area contributed by atoms with Crippen LogP contribution in [0.1, 0.15) is 36.6 Å². The highest BCUT2D eigenvalue weighted by atomic mass is 32.1. The highest BCUT2D eigenvalue weighted by molar-refractivity contribution is 7.10. The zero-order valence-electron chi connectivity index (χ0n) is 10.4. The van der Waals surface area contributed by atoms with Crippen molar-refractivity contribution in [3.63, 3.8) is 0 Å². The fourth-order valence-corrected chi connectivity index (χ4v) is 3.46. The third kappa shape index (κ3) is 3.10. The molecule has 1 aromatic rings. The van der Waals surface area contributed by atoms with Gasteiger partial charge < -0.3 is 0 Å². The summed E-state index contributed by atoms with van der Waals surface area (Å²) in [6.45, 7) is 1.88. The third-order valence-corrected chi connectivity index (χ3v) is 4.45. The molecule has 1 saturated heterocycles. The molecule has 0 aromatic carbocycles. The van der Waals surface area contributed by atoms with Gasteiger partial charge in [-0.15, -0.1) is 11.3 Å². The van der Waals surface area contributed by atoms with Crippen molar-refractivity contribution >= 4 is 11.3 Å². The van der Waals surface area contributed by atoms with Crippen molar-refractivity contribution in [3.05, 3.63) is 22.4 Å². The molecule has 18 heavy (non-hydrogen) atoms. The summed E-state index contributed by atoms with van der Waals surface area (Å²) in [4.78, 5) is 3.82. The second-order valence-electron chi connectivity index (χ2n) is 4.69. The molecule has 0 bridgehead atoms. The van der Waals surface area contributed by atoms with Crippen LogP contribution in [0.4, 0.5) is 0 Å². The van der Waals surface area contributed by atoms with Gasteiger partial charge in [-0.1, -0.05) is 6.07 Å². The summed E-state index contributed by atoms with van der Waals surface area (Å²) < 4.78 is 0. The van der Waals surface area contributed by atoms with Gasteiger partial charge in [-0.2, -0.15) is 10.5 Å². The number of nitriles is 2. The molecule has 1 aromatic heterocycles. The molecule has 0 aliphatic carbocycles. The highest BCUT2D eigenvalue weighted by Crippen LogP contribution is 2.35. The lowest BCUT2D eigenvalue weighted by Gasteiger charge is -2.25. The molecule has 3 nitrogen and oxygen atoms in total. The summed E-state index contributed by atoms with van der Waals surface area (Å²) in [7, 11) is 0. The predicted octanol–water partition coefficient (Wildman–Crippen LogP) is 3.33. The van der Waals surface area contributed by atoms with Gasteiger partial charge in [0.2, 0.25) is 0 Å². The van der Waals surface area contributed by atoms with Gasteiger partial charge in [0.25, 0.3) is 0 Å². The molecule has 4 heteroatoms. The van der Waals surface area contributed by atoms with E-state index >= 15 is 0 Å². The Bertz CT molecular complexity index is 441. The van der Waals surface area contributed by atoms with Crippen LogP contribution >= 0.6 is 11.3 Å². The van der Waals surface area contributed by atoms with Crippen molar-refractivity contribution in [2.45, 2.75) is 31.7 Å². The minimum absolute atomic E-state index is 0.00906. The minimum Gasteiger partial charge on any atom is -0.294 e. The molecule has 0 unspecified atom stereocenters. The van der Waals surface area contributed by atoms with E-state index < -0.39 is 0 Å². The van der Waals surface area contributed by atoms with Gasteiger partial charge in [0, 0.05) is 23.9 Å². The zero-order valence-corrected chi connectivity index (χ0v) is 11.2. The number of likely N-dealkylation sites (tertiary alicyclic amines) is 1. The topological polar surface area (TPSA) is 50.8 Å². The normalized spacial score (nSPS) is 21.3. The molecule has 0 N–H and O–H groups in total. The summed E-state index contributed by atoms with van der Waals surface area (Å²) >= 11 is 1.80. The fraction of sp³-hybridized carbons (Fsp3) is 0.571. The van der Waals surface area contributed by atoms with Crippen LogP contribution in [-0.4, -0.2) is 18.0 Å². The Hall–Kier alpha value is -1.36. The molecule has 1 aliphatic heterocycles. The van der Waals surface area contributed by atoms with Gasteiger partial charge >= 0.3 is 0 Å². The van der Waals surface area contributed by atoms with E-state index in [9.17, 15) is 0 Å². The smallest absolute Gasteiger partial charge is 0.0669 e. The van der Waals surface area contributed by atoms with E-state index in [0.29, 0.717) is 18.9 Å². The van der Waals surface area contributed by atoms with Crippen LogP contribution in [0.3, 0.4) is 0 Å². The van der Waals surface area contributed by atoms with Crippen LogP contribution in [-0.2, 0) is 0 Å². The summed E-state index contributed by atoms with van der Waals surface area (Å²) in [6, 6.07) is 9.23. The van der Waals surface area contributed by atoms with Crippen LogP contribution in [0, 0.1) is 28.6 Å². The molecule has 94 valence electrons. The van der Waals surface area contributed by atoms with E-state index in [2.05, 4.69) is 34.6 Å². The Morgan fingerprint density at radius 3 is 3.06 bits per heavy atom. The van der Waals surface area contributed by atoms with Gasteiger partial charge in [0.1, 0.15) is 0 Å². The number of thiophene rings is 1. The molecular weight excluding hydrogens is 242 g/mol. The Labute approximate surface area is 112 Å². The van der Waals surface area contributed by atoms with E-state index in [-0.39, 0.29) is 5.92 Å². The Kier molecular flexibility index (Phi) is 4.75. The van der Waals surface area contributed by atoms with Crippen LogP contribution in [0.2, 0.25) is 0 Å². The largest absolute Gasteiger partial charge is 0.294 e. The van der Waals surface area contributed by atoms with E-state index in [1.165, 1.54) is 17.7 Å². The van der Waals surface area contributed by atoms with E-state index in [1.54, 1.807) is 11.3 Å². The lowest BCUT2D eigenvalue weighted by molar-refractivity contribution is 0.233. The Balaban J connectivity index is 1.96. The SMILES string of the molecule is N#CCC[C@@H](C#N)CN1CCC[C@H]1c1cccs1. The number of rotatable bonds is 5. The van der Waals surface area contributed by atoms with Gasteiger partial charge in [-0.3, -0.25) is 4.90 Å². The first kappa shape index (κ1) is 13.1. The van der Waals surface area contributed by atoms with Crippen LogP contribution < -0.4 is 0 Å². The summed E-state index contributed by atoms with van der Waals surface area (Å²) in [6.07, 6.45) is 3.58. The van der Waals surface area contributed by atoms with Crippen molar-refractivity contribution in [1.29, 1.82) is 10.5 Å². The van der Waals surface area contributed by atoms with Crippen molar-refractivity contribution in [2.24, 2.45) is 5.92 Å². The van der Waals surface area contributed by atoms with Crippen molar-refractivity contribution < 1.29 is 0 Å². The second-order valence-corrected chi connectivity index (χ2v) is 5.67. The summed E-state index contributed by atoms with van der Waals surface area (Å²) in [5, 5.41) is 19.9. The first-order valence-corrected chi connectivity index (χ1v) is 7.27. The van der Waals surface area contributed by atoms with Gasteiger partial charge in [-0.05, 0) is 37.3 Å². The molecule has 0 amide bonds. The monoisotopic (exact) mass is 259 g/mol. The second kappa shape index (κ2) is 6.54. The Morgan fingerprint density at radius 2 is 2.39 bits per heavy atom. The van der Waals surface area contributed by atoms with E-state index in [4.69, 9.17) is 10.5 Å². The highest BCUT2D eigenvalue weighted by Gasteiger charge is 2.28. The van der Waals surface area contributed by atoms with E-state index in [0.717, 1.165) is 13.1 Å². The minimum atomic E-state index is -0.00906. The molecule has 2 atom stereocenters. The summed E-state index contributed by atoms with van der Waals surface area (Å²) in [5.41, 5.74) is 0. The molecule has 0 radical (unpaired) electrons. The molecular formula is C14H17N3S. The average Bonchev–Trinajstić information content (AvgIpc) is 3.04. The maximum atomic E-state index is 9.15. The number of hydrogen-bond acceptors (Lipinski definition) is 4. The standard InChI is InChI=1S/C14H17N3S/c15-7-1-4-12(10-16)11-17-8-2-5-13(17)14-6-3-9-18-14/h3,6,9,12-13H,1-2,4-5,8,11H2/t12-,13-/m0/s1. The van der Waals surface area contributed by atoms with Crippen molar-refractivity contribution in [3.8, 4) is 12.1 Å². The zero-order chi connectivity index (χ0) is 12.8. The maximum absolute atomic E-state index is 9.15. The van der Waals surface area contributed by atoms with Crippen LogP contribution in [0.15, 0.2) is 17.5 Å². The molecule has 2 heterocycles. The lowest BCUT2D eigenvalue weighted by Crippen LogP contribution is -2.28. The lowest BCUT2D eigenvalue weighted by atomic mass is 10.0. The quantitative estimate of drug-likeness (QED) is 0.815. The van der Waals surface area contributed by atoms with E-state index in [1.807, 2.05) is 0 Å². The van der Waals surface area contributed by atoms with Crippen LogP contribution in [0.5, 0.6) is 0 Å². The molecule has 1 fully saturated rings. The molecule has 2 rings (SSSR count). The number of nitrogens with zero attached hydrogens (tertiary/aromatic N) is 3. The van der Waals surface area contributed by atoms with Gasteiger partial charge in [0.15, 0.2) is 0 Å². The van der Waals surface area contributed by atoms with Crippen LogP contribution in [0.25, 0.3) is 0 Å². The summed E-state index contributed by atoms with van der Waals surface area (Å²) in [5.74, 6) is -0.00906. The van der Waals surface area contributed by atoms with Crippen molar-refractivity contribution in [1.82, 2.24) is 4.90 Å².